The molecule has 1 aliphatic heterocycles. The van der Waals surface area contributed by atoms with Crippen molar-refractivity contribution in [3.05, 3.63) is 88.0 Å². The van der Waals surface area contributed by atoms with E-state index in [-0.39, 0.29) is 11.6 Å². The maximum atomic E-state index is 13.1. The van der Waals surface area contributed by atoms with Crippen LogP contribution >= 0.6 is 0 Å². The van der Waals surface area contributed by atoms with Crippen molar-refractivity contribution in [3.8, 4) is 11.5 Å². The van der Waals surface area contributed by atoms with Crippen LogP contribution in [0.2, 0.25) is 0 Å². The lowest BCUT2D eigenvalue weighted by Gasteiger charge is -2.16. The zero-order chi connectivity index (χ0) is 23.4. The van der Waals surface area contributed by atoms with Crippen molar-refractivity contribution in [3.63, 3.8) is 0 Å². The Hall–Kier alpha value is -4.33. The first-order chi connectivity index (χ1) is 16.0. The highest BCUT2D eigenvalue weighted by molar-refractivity contribution is 6.37. The molecule has 0 atom stereocenters. The fraction of sp³-hybridized carbons (Fsp3) is 0.160. The van der Waals surface area contributed by atoms with Gasteiger partial charge in [-0.25, -0.2) is 0 Å². The second-order valence-corrected chi connectivity index (χ2v) is 7.21. The Morgan fingerprint density at radius 3 is 2.21 bits per heavy atom. The molecule has 1 aliphatic rings. The summed E-state index contributed by atoms with van der Waals surface area (Å²) >= 11 is 0. The van der Waals surface area contributed by atoms with Crippen molar-refractivity contribution in [1.82, 2.24) is 0 Å². The lowest BCUT2D eigenvalue weighted by Crippen LogP contribution is -2.10. The van der Waals surface area contributed by atoms with Crippen LogP contribution in [0.25, 0.3) is 11.3 Å². The molecule has 0 unspecified atom stereocenters. The van der Waals surface area contributed by atoms with E-state index in [0.717, 1.165) is 5.56 Å². The predicted molar refractivity (Wildman–Crippen MR) is 127 cm³/mol. The third-order valence-electron chi connectivity index (χ3n) is 5.09. The second kappa shape index (κ2) is 9.44. The summed E-state index contributed by atoms with van der Waals surface area (Å²) in [5.74, 6) is 0.841. The number of carbonyl (C=O) groups excluding carboxylic acids is 1. The number of anilines is 2. The van der Waals surface area contributed by atoms with E-state index in [1.807, 2.05) is 44.2 Å². The first-order valence-corrected chi connectivity index (χ1v) is 10.6. The van der Waals surface area contributed by atoms with Gasteiger partial charge in [0.2, 0.25) is 0 Å². The van der Waals surface area contributed by atoms with E-state index >= 15 is 0 Å². The van der Waals surface area contributed by atoms with Crippen molar-refractivity contribution in [2.24, 2.45) is 0 Å². The van der Waals surface area contributed by atoms with Crippen molar-refractivity contribution in [2.75, 3.05) is 23.8 Å². The SMILES string of the molecule is CCOc1cc2c(cc1OCC)C(=C(Nc1ccc([N+](=O)[O-])cc1)c1ccccc1)C(=O)N2. The Labute approximate surface area is 191 Å². The fourth-order valence-electron chi connectivity index (χ4n) is 3.66. The van der Waals surface area contributed by atoms with Gasteiger partial charge in [-0.2, -0.15) is 0 Å². The van der Waals surface area contributed by atoms with E-state index in [2.05, 4.69) is 10.6 Å². The van der Waals surface area contributed by atoms with Gasteiger partial charge in [0.15, 0.2) is 11.5 Å². The second-order valence-electron chi connectivity index (χ2n) is 7.21. The van der Waals surface area contributed by atoms with Gasteiger partial charge in [-0.15, -0.1) is 0 Å². The number of nitrogens with one attached hydrogen (secondary N) is 2. The fourth-order valence-corrected chi connectivity index (χ4v) is 3.66. The first kappa shape index (κ1) is 21.9. The van der Waals surface area contributed by atoms with E-state index < -0.39 is 4.92 Å². The van der Waals surface area contributed by atoms with Crippen LogP contribution < -0.4 is 20.1 Å². The van der Waals surface area contributed by atoms with Gasteiger partial charge in [0.1, 0.15) is 0 Å². The number of fused-ring (bicyclic) bond motifs is 1. The molecule has 3 aromatic carbocycles. The summed E-state index contributed by atoms with van der Waals surface area (Å²) in [6.07, 6.45) is 0. The summed E-state index contributed by atoms with van der Waals surface area (Å²) in [6.45, 7) is 4.68. The van der Waals surface area contributed by atoms with E-state index in [1.54, 1.807) is 24.3 Å². The maximum Gasteiger partial charge on any atom is 0.269 e. The lowest BCUT2D eigenvalue weighted by molar-refractivity contribution is -0.384. The summed E-state index contributed by atoms with van der Waals surface area (Å²) in [6, 6.07) is 19.1. The Kier molecular flexibility index (Phi) is 6.26. The molecule has 2 N–H and O–H groups in total. The number of rotatable bonds is 8. The van der Waals surface area contributed by atoms with Crippen LogP contribution in [-0.2, 0) is 4.79 Å². The first-order valence-electron chi connectivity index (χ1n) is 10.6. The zero-order valence-corrected chi connectivity index (χ0v) is 18.3. The standard InChI is InChI=1S/C25H23N3O5/c1-3-32-21-14-19-20(15-22(21)33-4-2)27-25(29)23(19)24(16-8-6-5-7-9-16)26-17-10-12-18(13-11-17)28(30)31/h5-15,26H,3-4H2,1-2H3,(H,27,29). The largest absolute Gasteiger partial charge is 0.490 e. The van der Waals surface area contributed by atoms with E-state index in [4.69, 9.17) is 9.47 Å². The topological polar surface area (TPSA) is 103 Å². The van der Waals surface area contributed by atoms with Gasteiger partial charge in [-0.05, 0) is 37.6 Å². The number of hydrogen-bond donors (Lipinski definition) is 2. The number of nitrogens with zero attached hydrogens (tertiary/aromatic N) is 1. The number of benzene rings is 3. The number of amides is 1. The van der Waals surface area contributed by atoms with Gasteiger partial charge in [0, 0.05) is 29.4 Å². The number of carbonyl (C=O) groups is 1. The van der Waals surface area contributed by atoms with Crippen LogP contribution in [0.15, 0.2) is 66.7 Å². The Morgan fingerprint density at radius 2 is 1.61 bits per heavy atom. The van der Waals surface area contributed by atoms with Crippen LogP contribution in [-0.4, -0.2) is 24.0 Å². The molecule has 0 saturated carbocycles. The monoisotopic (exact) mass is 445 g/mol. The molecule has 0 aliphatic carbocycles. The van der Waals surface area contributed by atoms with E-state index in [0.29, 0.717) is 52.9 Å². The van der Waals surface area contributed by atoms with Crippen LogP contribution in [0.5, 0.6) is 11.5 Å². The highest BCUT2D eigenvalue weighted by atomic mass is 16.6. The van der Waals surface area contributed by atoms with Gasteiger partial charge in [0.25, 0.3) is 11.6 Å². The number of ether oxygens (including phenoxy) is 2. The molecule has 4 rings (SSSR count). The summed E-state index contributed by atoms with van der Waals surface area (Å²) in [7, 11) is 0. The van der Waals surface area contributed by atoms with Gasteiger partial charge >= 0.3 is 0 Å². The van der Waals surface area contributed by atoms with Crippen molar-refractivity contribution in [1.29, 1.82) is 0 Å². The minimum Gasteiger partial charge on any atom is -0.490 e. The van der Waals surface area contributed by atoms with E-state index in [1.165, 1.54) is 12.1 Å². The molecule has 0 spiro atoms. The number of nitro benzene ring substituents is 1. The Balaban J connectivity index is 1.86. The van der Waals surface area contributed by atoms with Gasteiger partial charge < -0.3 is 20.1 Å². The summed E-state index contributed by atoms with van der Waals surface area (Å²) in [4.78, 5) is 23.7. The number of hydrogen-bond acceptors (Lipinski definition) is 6. The molecular weight excluding hydrogens is 422 g/mol. The molecule has 3 aromatic rings. The average Bonchev–Trinajstić information content (AvgIpc) is 3.13. The minimum atomic E-state index is -0.452. The molecule has 0 aromatic heterocycles. The van der Waals surface area contributed by atoms with Crippen molar-refractivity contribution in [2.45, 2.75) is 13.8 Å². The zero-order valence-electron chi connectivity index (χ0n) is 18.3. The third kappa shape index (κ3) is 4.50. The van der Waals surface area contributed by atoms with Crippen LogP contribution in [0, 0.1) is 10.1 Å². The maximum absolute atomic E-state index is 13.1. The number of nitro groups is 1. The Morgan fingerprint density at radius 1 is 0.970 bits per heavy atom. The van der Waals surface area contributed by atoms with Crippen molar-refractivity contribution >= 4 is 34.2 Å². The molecular formula is C25H23N3O5. The average molecular weight is 445 g/mol. The quantitative estimate of drug-likeness (QED) is 0.276. The molecule has 0 radical (unpaired) electrons. The molecule has 0 bridgehead atoms. The van der Waals surface area contributed by atoms with Crippen LogP contribution in [0.3, 0.4) is 0 Å². The van der Waals surface area contributed by atoms with Crippen LogP contribution in [0.4, 0.5) is 17.1 Å². The third-order valence-corrected chi connectivity index (χ3v) is 5.09. The molecule has 8 nitrogen and oxygen atoms in total. The van der Waals surface area contributed by atoms with Crippen molar-refractivity contribution < 1.29 is 19.2 Å². The normalized spacial score (nSPS) is 13.7. The molecule has 0 saturated heterocycles. The molecule has 0 fully saturated rings. The van der Waals surface area contributed by atoms with Gasteiger partial charge in [-0.3, -0.25) is 14.9 Å². The summed E-state index contributed by atoms with van der Waals surface area (Å²) in [5.41, 5.74) is 3.72. The minimum absolute atomic E-state index is 0.0109. The number of non-ortho nitro benzene ring substituents is 1. The Bertz CT molecular complexity index is 1220. The van der Waals surface area contributed by atoms with Gasteiger partial charge in [0.05, 0.1) is 35.1 Å². The highest BCUT2D eigenvalue weighted by Gasteiger charge is 2.30. The highest BCUT2D eigenvalue weighted by Crippen LogP contribution is 2.43. The summed E-state index contributed by atoms with van der Waals surface area (Å²) < 4.78 is 11.5. The molecule has 33 heavy (non-hydrogen) atoms. The van der Waals surface area contributed by atoms with E-state index in [9.17, 15) is 14.9 Å². The molecule has 1 amide bonds. The lowest BCUT2D eigenvalue weighted by atomic mass is 9.99. The van der Waals surface area contributed by atoms with Gasteiger partial charge in [-0.1, -0.05) is 30.3 Å². The molecule has 8 heteroatoms. The molecule has 168 valence electrons. The smallest absolute Gasteiger partial charge is 0.269 e. The molecule has 1 heterocycles. The summed E-state index contributed by atoms with van der Waals surface area (Å²) in [5, 5.41) is 17.2. The predicted octanol–water partition coefficient (Wildman–Crippen LogP) is 5.32. The van der Waals surface area contributed by atoms with Crippen LogP contribution in [0.1, 0.15) is 25.0 Å².